The van der Waals surface area contributed by atoms with Gasteiger partial charge in [0.2, 0.25) is 0 Å². The molecule has 4 atom stereocenters. The highest BCUT2D eigenvalue weighted by atomic mass is 16.4. The highest BCUT2D eigenvalue weighted by Gasteiger charge is 2.52. The van der Waals surface area contributed by atoms with Gasteiger partial charge >= 0.3 is 5.97 Å². The van der Waals surface area contributed by atoms with Crippen LogP contribution in [0.1, 0.15) is 38.5 Å². The van der Waals surface area contributed by atoms with Crippen LogP contribution in [0.2, 0.25) is 0 Å². The van der Waals surface area contributed by atoms with E-state index in [-0.39, 0.29) is 17.4 Å². The maximum Gasteiger partial charge on any atom is 0.308 e. The molecule has 0 radical (unpaired) electrons. The molecule has 0 amide bonds. The Morgan fingerprint density at radius 1 is 1.39 bits per heavy atom. The third kappa shape index (κ3) is 1.91. The average molecular weight is 248 g/mol. The first-order chi connectivity index (χ1) is 8.65. The molecule has 98 valence electrons. The van der Waals surface area contributed by atoms with Crippen LogP contribution in [0.3, 0.4) is 0 Å². The summed E-state index contributed by atoms with van der Waals surface area (Å²) in [6.07, 6.45) is 6.19. The number of rotatable bonds is 5. The number of hydrogen-bond donors (Lipinski definition) is 2. The summed E-state index contributed by atoms with van der Waals surface area (Å²) >= 11 is 0. The molecular formula is C14H20N2O2. The molecule has 0 aromatic carbocycles. The SMILES string of the molecule is N#CCC1(CNC2C3CCC(C3)C2C(=O)O)CC1. The van der Waals surface area contributed by atoms with Gasteiger partial charge in [-0.1, -0.05) is 0 Å². The van der Waals surface area contributed by atoms with Gasteiger partial charge in [0.25, 0.3) is 0 Å². The zero-order valence-electron chi connectivity index (χ0n) is 10.6. The second-order valence-electron chi connectivity index (χ2n) is 6.44. The maximum atomic E-state index is 11.4. The predicted molar refractivity (Wildman–Crippen MR) is 65.6 cm³/mol. The van der Waals surface area contributed by atoms with Gasteiger partial charge < -0.3 is 10.4 Å². The first kappa shape index (κ1) is 12.0. The van der Waals surface area contributed by atoms with Crippen LogP contribution < -0.4 is 5.32 Å². The summed E-state index contributed by atoms with van der Waals surface area (Å²) in [6, 6.07) is 2.41. The summed E-state index contributed by atoms with van der Waals surface area (Å²) in [7, 11) is 0. The Morgan fingerprint density at radius 3 is 2.72 bits per heavy atom. The van der Waals surface area contributed by atoms with Gasteiger partial charge in [0, 0.05) is 19.0 Å². The highest BCUT2D eigenvalue weighted by Crippen LogP contribution is 2.51. The van der Waals surface area contributed by atoms with Crippen molar-refractivity contribution in [3.05, 3.63) is 0 Å². The Kier molecular flexibility index (Phi) is 2.82. The van der Waals surface area contributed by atoms with Crippen molar-refractivity contribution in [2.45, 2.75) is 44.6 Å². The number of hydrogen-bond acceptors (Lipinski definition) is 3. The topological polar surface area (TPSA) is 73.1 Å². The van der Waals surface area contributed by atoms with Crippen LogP contribution in [-0.2, 0) is 4.79 Å². The van der Waals surface area contributed by atoms with E-state index in [0.717, 1.165) is 32.2 Å². The van der Waals surface area contributed by atoms with E-state index in [1.54, 1.807) is 0 Å². The normalized spacial score (nSPS) is 39.5. The van der Waals surface area contributed by atoms with Crippen LogP contribution in [0.5, 0.6) is 0 Å². The van der Waals surface area contributed by atoms with Crippen molar-refractivity contribution in [2.24, 2.45) is 23.2 Å². The van der Waals surface area contributed by atoms with E-state index < -0.39 is 5.97 Å². The summed E-state index contributed by atoms with van der Waals surface area (Å²) in [6.45, 7) is 0.832. The number of nitriles is 1. The van der Waals surface area contributed by atoms with Crippen molar-refractivity contribution >= 4 is 5.97 Å². The third-order valence-corrected chi connectivity index (χ3v) is 5.33. The van der Waals surface area contributed by atoms with Crippen LogP contribution in [0, 0.1) is 34.5 Å². The fourth-order valence-corrected chi connectivity index (χ4v) is 4.04. The summed E-state index contributed by atoms with van der Waals surface area (Å²) in [4.78, 5) is 11.4. The van der Waals surface area contributed by atoms with Crippen molar-refractivity contribution in [3.63, 3.8) is 0 Å². The molecule has 4 nitrogen and oxygen atoms in total. The number of fused-ring (bicyclic) bond motifs is 2. The lowest BCUT2D eigenvalue weighted by Gasteiger charge is -2.30. The zero-order chi connectivity index (χ0) is 12.8. The van der Waals surface area contributed by atoms with Crippen molar-refractivity contribution in [3.8, 4) is 6.07 Å². The summed E-state index contributed by atoms with van der Waals surface area (Å²) in [5.41, 5.74) is 0.166. The summed E-state index contributed by atoms with van der Waals surface area (Å²) in [5.74, 6) is 0.108. The summed E-state index contributed by atoms with van der Waals surface area (Å²) < 4.78 is 0. The van der Waals surface area contributed by atoms with E-state index in [1.165, 1.54) is 6.42 Å². The van der Waals surface area contributed by atoms with Crippen molar-refractivity contribution in [2.75, 3.05) is 6.54 Å². The molecule has 0 aromatic heterocycles. The van der Waals surface area contributed by atoms with Gasteiger partial charge in [-0.05, 0) is 49.4 Å². The molecule has 4 heteroatoms. The van der Waals surface area contributed by atoms with E-state index in [0.29, 0.717) is 18.3 Å². The molecule has 2 N–H and O–H groups in total. The fraction of sp³-hybridized carbons (Fsp3) is 0.857. The molecular weight excluding hydrogens is 228 g/mol. The van der Waals surface area contributed by atoms with Gasteiger partial charge in [-0.2, -0.15) is 5.26 Å². The first-order valence-electron chi connectivity index (χ1n) is 6.98. The molecule has 2 bridgehead atoms. The van der Waals surface area contributed by atoms with Gasteiger partial charge in [-0.3, -0.25) is 4.79 Å². The number of carboxylic acid groups (broad SMARTS) is 1. The van der Waals surface area contributed by atoms with Gasteiger partial charge in [0.05, 0.1) is 12.0 Å². The molecule has 0 spiro atoms. The van der Waals surface area contributed by atoms with Crippen molar-refractivity contribution in [1.29, 1.82) is 5.26 Å². The minimum atomic E-state index is -0.634. The molecule has 3 aliphatic carbocycles. The third-order valence-electron chi connectivity index (χ3n) is 5.33. The lowest BCUT2D eigenvalue weighted by molar-refractivity contribution is -0.144. The van der Waals surface area contributed by atoms with Gasteiger partial charge in [-0.25, -0.2) is 0 Å². The van der Waals surface area contributed by atoms with E-state index >= 15 is 0 Å². The van der Waals surface area contributed by atoms with E-state index in [1.807, 2.05) is 0 Å². The minimum Gasteiger partial charge on any atom is -0.481 e. The lowest BCUT2D eigenvalue weighted by Crippen LogP contribution is -2.46. The average Bonchev–Trinajstić information content (AvgIpc) is 2.83. The van der Waals surface area contributed by atoms with Crippen molar-refractivity contribution in [1.82, 2.24) is 5.32 Å². The Morgan fingerprint density at radius 2 is 2.11 bits per heavy atom. The Balaban J connectivity index is 1.62. The maximum absolute atomic E-state index is 11.4. The molecule has 18 heavy (non-hydrogen) atoms. The number of carbonyl (C=O) groups is 1. The second kappa shape index (κ2) is 4.24. The van der Waals surface area contributed by atoms with Crippen molar-refractivity contribution < 1.29 is 9.90 Å². The smallest absolute Gasteiger partial charge is 0.308 e. The Labute approximate surface area is 107 Å². The number of nitrogens with one attached hydrogen (secondary N) is 1. The van der Waals surface area contributed by atoms with Gasteiger partial charge in [-0.15, -0.1) is 0 Å². The van der Waals surface area contributed by atoms with E-state index in [2.05, 4.69) is 11.4 Å². The predicted octanol–water partition coefficient (Wildman–Crippen LogP) is 1.77. The van der Waals surface area contributed by atoms with Crippen LogP contribution in [0.4, 0.5) is 0 Å². The summed E-state index contributed by atoms with van der Waals surface area (Å²) in [5, 5.41) is 21.7. The number of nitrogens with zero attached hydrogens (tertiary/aromatic N) is 1. The van der Waals surface area contributed by atoms with Crippen LogP contribution >= 0.6 is 0 Å². The largest absolute Gasteiger partial charge is 0.481 e. The quantitative estimate of drug-likeness (QED) is 0.777. The van der Waals surface area contributed by atoms with E-state index in [4.69, 9.17) is 5.26 Å². The Hall–Kier alpha value is -1.08. The highest BCUT2D eigenvalue weighted by molar-refractivity contribution is 5.72. The molecule has 4 unspecified atom stereocenters. The van der Waals surface area contributed by atoms with Crippen LogP contribution in [-0.4, -0.2) is 23.7 Å². The van der Waals surface area contributed by atoms with Crippen LogP contribution in [0.15, 0.2) is 0 Å². The zero-order valence-corrected chi connectivity index (χ0v) is 10.6. The minimum absolute atomic E-state index is 0.150. The molecule has 3 saturated carbocycles. The van der Waals surface area contributed by atoms with E-state index in [9.17, 15) is 9.90 Å². The van der Waals surface area contributed by atoms with Crippen LogP contribution in [0.25, 0.3) is 0 Å². The van der Waals surface area contributed by atoms with Gasteiger partial charge in [0.1, 0.15) is 0 Å². The molecule has 0 heterocycles. The monoisotopic (exact) mass is 248 g/mol. The molecule has 0 saturated heterocycles. The first-order valence-corrected chi connectivity index (χ1v) is 6.98. The molecule has 3 rings (SSSR count). The Bertz CT molecular complexity index is 397. The fourth-order valence-electron chi connectivity index (χ4n) is 4.04. The van der Waals surface area contributed by atoms with Gasteiger partial charge in [0.15, 0.2) is 0 Å². The molecule has 3 fully saturated rings. The molecule has 3 aliphatic rings. The standard InChI is InChI=1S/C14H20N2O2/c15-6-5-14(3-4-14)8-16-12-10-2-1-9(7-10)11(12)13(17)18/h9-12,16H,1-5,7-8H2,(H,17,18). The lowest BCUT2D eigenvalue weighted by atomic mass is 9.84. The second-order valence-corrected chi connectivity index (χ2v) is 6.44. The molecule has 0 aromatic rings. The number of aliphatic carboxylic acids is 1. The molecule has 0 aliphatic heterocycles. The number of carboxylic acids is 1.